The number of fused-ring (bicyclic) bond motifs is 4. The maximum atomic E-state index is 13.9. The number of nitrogens with zero attached hydrogens (tertiary/aromatic N) is 3. The third-order valence-electron chi connectivity index (χ3n) is 6.84. The lowest BCUT2D eigenvalue weighted by atomic mass is 9.81. The molecule has 0 aliphatic carbocycles. The van der Waals surface area contributed by atoms with Gasteiger partial charge >= 0.3 is 0 Å². The first-order chi connectivity index (χ1) is 15.6. The highest BCUT2D eigenvalue weighted by atomic mass is 19.1. The van der Waals surface area contributed by atoms with E-state index in [0.29, 0.717) is 42.8 Å². The average molecular weight is 450 g/mol. The summed E-state index contributed by atoms with van der Waals surface area (Å²) in [6.07, 6.45) is 3.18. The van der Waals surface area contributed by atoms with Gasteiger partial charge in [-0.05, 0) is 56.2 Å². The van der Waals surface area contributed by atoms with Crippen molar-refractivity contribution in [2.45, 2.75) is 44.8 Å². The van der Waals surface area contributed by atoms with Gasteiger partial charge < -0.3 is 14.7 Å². The summed E-state index contributed by atoms with van der Waals surface area (Å²) in [7, 11) is 1.85. The summed E-state index contributed by atoms with van der Waals surface area (Å²) in [5.74, 6) is 0.283. The summed E-state index contributed by atoms with van der Waals surface area (Å²) in [5.41, 5.74) is 3.08. The Kier molecular flexibility index (Phi) is 4.86. The van der Waals surface area contributed by atoms with E-state index in [-0.39, 0.29) is 11.7 Å². The van der Waals surface area contributed by atoms with Crippen molar-refractivity contribution in [1.29, 1.82) is 0 Å². The van der Waals surface area contributed by atoms with Crippen LogP contribution in [0, 0.1) is 12.7 Å². The monoisotopic (exact) mass is 449 g/mol. The Morgan fingerprint density at radius 2 is 1.91 bits per heavy atom. The number of likely N-dealkylation sites (tertiary alicyclic amines) is 1. The first-order valence-electron chi connectivity index (χ1n) is 11.2. The van der Waals surface area contributed by atoms with Gasteiger partial charge in [0.2, 0.25) is 0 Å². The second-order valence-electron chi connectivity index (χ2n) is 9.68. The Morgan fingerprint density at radius 1 is 1.18 bits per heavy atom. The molecule has 0 atom stereocenters. The molecular weight excluding hydrogens is 421 g/mol. The zero-order valence-corrected chi connectivity index (χ0v) is 19.4. The molecule has 0 unspecified atom stereocenters. The number of amides is 1. The van der Waals surface area contributed by atoms with E-state index in [1.54, 1.807) is 30.7 Å². The van der Waals surface area contributed by atoms with E-state index >= 15 is 0 Å². The van der Waals surface area contributed by atoms with E-state index in [9.17, 15) is 14.3 Å². The first-order valence-corrected chi connectivity index (χ1v) is 11.2. The summed E-state index contributed by atoms with van der Waals surface area (Å²) in [5, 5.41) is 14.9. The van der Waals surface area contributed by atoms with Crippen molar-refractivity contribution in [3.63, 3.8) is 0 Å². The number of carbonyl (C=O) groups is 1. The van der Waals surface area contributed by atoms with Gasteiger partial charge in [-0.25, -0.2) is 4.39 Å². The van der Waals surface area contributed by atoms with Crippen LogP contribution in [0.25, 0.3) is 11.3 Å². The number of aromatic nitrogens is 2. The fourth-order valence-electron chi connectivity index (χ4n) is 4.96. The number of hydrogen-bond acceptors (Lipinski definition) is 4. The molecule has 1 fully saturated rings. The highest BCUT2D eigenvalue weighted by Gasteiger charge is 2.46. The molecule has 2 aromatic carbocycles. The van der Waals surface area contributed by atoms with Gasteiger partial charge in [0.25, 0.3) is 5.91 Å². The molecule has 33 heavy (non-hydrogen) atoms. The highest BCUT2D eigenvalue weighted by molar-refractivity contribution is 5.95. The molecule has 1 aromatic heterocycles. The van der Waals surface area contributed by atoms with Crippen LogP contribution in [-0.4, -0.2) is 38.8 Å². The van der Waals surface area contributed by atoms with Crippen LogP contribution in [0.4, 0.5) is 4.39 Å². The number of halogens is 1. The Labute approximate surface area is 192 Å². The van der Waals surface area contributed by atoms with E-state index in [2.05, 4.69) is 5.10 Å². The minimum Gasteiger partial charge on any atom is -0.482 e. The number of piperidine rings is 1. The van der Waals surface area contributed by atoms with Crippen LogP contribution < -0.4 is 4.74 Å². The second kappa shape index (κ2) is 7.42. The number of rotatable bonds is 2. The van der Waals surface area contributed by atoms with Crippen LogP contribution in [0.1, 0.15) is 53.7 Å². The Hall–Kier alpha value is -3.19. The first kappa shape index (κ1) is 21.6. The van der Waals surface area contributed by atoms with Gasteiger partial charge in [-0.2, -0.15) is 5.10 Å². The van der Waals surface area contributed by atoms with Crippen LogP contribution in [-0.2, 0) is 18.2 Å². The smallest absolute Gasteiger partial charge is 0.254 e. The number of carbonyl (C=O) groups excluding carboxylic acids is 1. The van der Waals surface area contributed by atoms with Crippen LogP contribution in [0.5, 0.6) is 5.75 Å². The molecule has 0 radical (unpaired) electrons. The third-order valence-corrected chi connectivity index (χ3v) is 6.84. The van der Waals surface area contributed by atoms with E-state index in [1.165, 1.54) is 12.1 Å². The normalized spacial score (nSPS) is 16.8. The molecule has 3 aromatic rings. The van der Waals surface area contributed by atoms with Crippen LogP contribution in [0.15, 0.2) is 42.6 Å². The molecule has 5 rings (SSSR count). The molecule has 1 spiro atoms. The second-order valence-corrected chi connectivity index (χ2v) is 9.68. The van der Waals surface area contributed by atoms with E-state index in [0.717, 1.165) is 22.4 Å². The standard InChI is InChI=1S/C26H28FN3O3/c1-16-13-17(25(2,3)32)5-7-19(16)24(31)30-11-9-26(10-12-30)21-15-29(4)28-23(21)20-14-18(27)6-8-22(20)33-26/h5-8,13-15,32H,9-12H2,1-4H3. The predicted octanol–water partition coefficient (Wildman–Crippen LogP) is 4.29. The number of aryl methyl sites for hydroxylation is 2. The molecular formula is C26H28FN3O3. The van der Waals surface area contributed by atoms with Crippen molar-refractivity contribution in [3.8, 4) is 17.0 Å². The highest BCUT2D eigenvalue weighted by Crippen LogP contribution is 2.49. The Morgan fingerprint density at radius 3 is 2.58 bits per heavy atom. The van der Waals surface area contributed by atoms with Gasteiger partial charge in [-0.3, -0.25) is 9.48 Å². The number of hydrogen-bond donors (Lipinski definition) is 1. The molecule has 172 valence electrons. The van der Waals surface area contributed by atoms with Gasteiger partial charge in [0.05, 0.1) is 5.60 Å². The summed E-state index contributed by atoms with van der Waals surface area (Å²) in [6, 6.07) is 10.0. The number of benzene rings is 2. The van der Waals surface area contributed by atoms with Crippen LogP contribution in [0.2, 0.25) is 0 Å². The van der Waals surface area contributed by atoms with Crippen molar-refractivity contribution >= 4 is 5.91 Å². The number of ether oxygens (including phenoxy) is 1. The molecule has 2 aliphatic heterocycles. The molecule has 2 aliphatic rings. The van der Waals surface area contributed by atoms with Gasteiger partial charge in [0, 0.05) is 55.9 Å². The molecule has 0 saturated carbocycles. The maximum absolute atomic E-state index is 13.9. The lowest BCUT2D eigenvalue weighted by Gasteiger charge is -2.44. The third kappa shape index (κ3) is 3.60. The fraction of sp³-hybridized carbons (Fsp3) is 0.385. The van der Waals surface area contributed by atoms with Crippen LogP contribution in [0.3, 0.4) is 0 Å². The topological polar surface area (TPSA) is 67.6 Å². The van der Waals surface area contributed by atoms with E-state index < -0.39 is 11.2 Å². The Balaban J connectivity index is 1.40. The quantitative estimate of drug-likeness (QED) is 0.634. The molecule has 6 nitrogen and oxygen atoms in total. The maximum Gasteiger partial charge on any atom is 0.254 e. The van der Waals surface area contributed by atoms with Gasteiger partial charge in [0.1, 0.15) is 22.9 Å². The lowest BCUT2D eigenvalue weighted by Crippen LogP contribution is -2.49. The Bertz CT molecular complexity index is 1250. The minimum atomic E-state index is -0.956. The summed E-state index contributed by atoms with van der Waals surface area (Å²) >= 11 is 0. The molecule has 1 amide bonds. The van der Waals surface area contributed by atoms with Crippen molar-refractivity contribution in [3.05, 3.63) is 70.7 Å². The molecule has 0 bridgehead atoms. The fourth-order valence-corrected chi connectivity index (χ4v) is 4.96. The minimum absolute atomic E-state index is 0.0191. The van der Waals surface area contributed by atoms with E-state index in [4.69, 9.17) is 4.74 Å². The van der Waals surface area contributed by atoms with Gasteiger partial charge in [-0.1, -0.05) is 12.1 Å². The SMILES string of the molecule is Cc1cc(C(C)(C)O)ccc1C(=O)N1CCC2(CC1)Oc1ccc(F)cc1-c1nn(C)cc12. The van der Waals surface area contributed by atoms with Crippen molar-refractivity contribution < 1.29 is 19.0 Å². The van der Waals surface area contributed by atoms with Crippen molar-refractivity contribution in [1.82, 2.24) is 14.7 Å². The largest absolute Gasteiger partial charge is 0.482 e. The summed E-state index contributed by atoms with van der Waals surface area (Å²) in [4.78, 5) is 15.2. The zero-order valence-electron chi connectivity index (χ0n) is 19.4. The molecule has 1 N–H and O–H groups in total. The molecule has 7 heteroatoms. The molecule has 1 saturated heterocycles. The zero-order chi connectivity index (χ0) is 23.5. The van der Waals surface area contributed by atoms with Crippen molar-refractivity contribution in [2.75, 3.05) is 13.1 Å². The van der Waals surface area contributed by atoms with Crippen LogP contribution >= 0.6 is 0 Å². The van der Waals surface area contributed by atoms with Gasteiger partial charge in [0.15, 0.2) is 0 Å². The average Bonchev–Trinajstić information content (AvgIpc) is 3.17. The van der Waals surface area contributed by atoms with Gasteiger partial charge in [-0.15, -0.1) is 0 Å². The predicted molar refractivity (Wildman–Crippen MR) is 122 cm³/mol. The summed E-state index contributed by atoms with van der Waals surface area (Å²) < 4.78 is 22.1. The lowest BCUT2D eigenvalue weighted by molar-refractivity contribution is -0.00176. The number of aliphatic hydroxyl groups is 1. The summed E-state index contributed by atoms with van der Waals surface area (Å²) in [6.45, 7) is 6.44. The van der Waals surface area contributed by atoms with Crippen molar-refractivity contribution in [2.24, 2.45) is 7.05 Å². The van der Waals surface area contributed by atoms with E-state index in [1.807, 2.05) is 37.2 Å². The molecule has 3 heterocycles.